The van der Waals surface area contributed by atoms with Gasteiger partial charge in [0.25, 0.3) is 0 Å². The predicted molar refractivity (Wildman–Crippen MR) is 83.7 cm³/mol. The minimum absolute atomic E-state index is 0.0810. The van der Waals surface area contributed by atoms with E-state index in [-0.39, 0.29) is 10.9 Å². The van der Waals surface area contributed by atoms with Gasteiger partial charge in [-0.15, -0.1) is 11.3 Å². The highest BCUT2D eigenvalue weighted by atomic mass is 79.9. The highest BCUT2D eigenvalue weighted by Crippen LogP contribution is 2.38. The quantitative estimate of drug-likeness (QED) is 0.826. The Balaban J connectivity index is 2.08. The van der Waals surface area contributed by atoms with Crippen LogP contribution in [0.4, 0.5) is 9.32 Å². The first-order valence-electron chi connectivity index (χ1n) is 6.83. The molecule has 1 unspecified atom stereocenters. The molecule has 0 spiro atoms. The summed E-state index contributed by atoms with van der Waals surface area (Å²) in [6, 6.07) is -0.0810. The minimum atomic E-state index is -0.967. The topological polar surface area (TPSA) is 64.6 Å². The highest BCUT2D eigenvalue weighted by Gasteiger charge is 2.30. The van der Waals surface area contributed by atoms with Gasteiger partial charge in [-0.25, -0.2) is 14.5 Å². The molecule has 8 heteroatoms. The Hall–Kier alpha value is -1.15. The molecule has 5 nitrogen and oxygen atoms in total. The predicted octanol–water partition coefficient (Wildman–Crippen LogP) is 3.93. The number of nitrogens with one attached hydrogen (secondary N) is 1. The fourth-order valence-corrected chi connectivity index (χ4v) is 4.26. The molecule has 0 fully saturated rings. The standard InChI is InChI=1S/C14H17BrFNO4S/c1-14(2,3)20-13(19)17-7-4-5-8-9(6-7)11(15)22-10(8)12(18)21-16/h7H,4-6H2,1-3H3,(H,17,19). The zero-order valence-corrected chi connectivity index (χ0v) is 14.9. The molecule has 1 aromatic heterocycles. The van der Waals surface area contributed by atoms with Crippen molar-refractivity contribution in [3.63, 3.8) is 0 Å². The number of carbonyl (C=O) groups is 2. The zero-order chi connectivity index (χ0) is 16.5. The van der Waals surface area contributed by atoms with Crippen molar-refractivity contribution in [2.24, 2.45) is 0 Å². The smallest absolute Gasteiger partial charge is 0.407 e. The van der Waals surface area contributed by atoms with E-state index in [9.17, 15) is 14.1 Å². The van der Waals surface area contributed by atoms with Gasteiger partial charge in [-0.05, 0) is 67.1 Å². The average molecular weight is 394 g/mol. The summed E-state index contributed by atoms with van der Waals surface area (Å²) in [5.74, 6) is -0.967. The second kappa shape index (κ2) is 6.54. The van der Waals surface area contributed by atoms with Gasteiger partial charge in [0.1, 0.15) is 10.5 Å². The normalized spacial score (nSPS) is 17.6. The molecule has 0 radical (unpaired) electrons. The molecule has 1 atom stereocenters. The van der Waals surface area contributed by atoms with Gasteiger partial charge in [0.05, 0.1) is 3.79 Å². The van der Waals surface area contributed by atoms with Crippen molar-refractivity contribution in [2.75, 3.05) is 0 Å². The van der Waals surface area contributed by atoms with E-state index >= 15 is 0 Å². The van der Waals surface area contributed by atoms with E-state index < -0.39 is 17.7 Å². The molecule has 1 N–H and O–H groups in total. The number of carbonyl (C=O) groups excluding carboxylic acids is 2. The van der Waals surface area contributed by atoms with Crippen LogP contribution in [0.1, 0.15) is 48.0 Å². The number of rotatable bonds is 2. The lowest BCUT2D eigenvalue weighted by molar-refractivity contribution is -0.0784. The van der Waals surface area contributed by atoms with Crippen LogP contribution < -0.4 is 5.32 Å². The van der Waals surface area contributed by atoms with E-state index in [1.54, 1.807) is 20.8 Å². The van der Waals surface area contributed by atoms with Crippen LogP contribution in [0.25, 0.3) is 0 Å². The van der Waals surface area contributed by atoms with Gasteiger partial charge >= 0.3 is 12.1 Å². The van der Waals surface area contributed by atoms with Crippen molar-refractivity contribution >= 4 is 39.3 Å². The molecule has 0 saturated heterocycles. The molecule has 22 heavy (non-hydrogen) atoms. The number of fused-ring (bicyclic) bond motifs is 1. The number of halogens is 2. The van der Waals surface area contributed by atoms with Crippen LogP contribution in [0.5, 0.6) is 0 Å². The van der Waals surface area contributed by atoms with Crippen molar-refractivity contribution in [3.05, 3.63) is 19.8 Å². The molecule has 1 aliphatic carbocycles. The van der Waals surface area contributed by atoms with Crippen LogP contribution in [0.2, 0.25) is 0 Å². The Labute approximate surface area is 140 Å². The second-order valence-electron chi connectivity index (χ2n) is 6.11. The molecule has 122 valence electrons. The summed E-state index contributed by atoms with van der Waals surface area (Å²) in [4.78, 5) is 26.8. The number of thiophene rings is 1. The van der Waals surface area contributed by atoms with Crippen molar-refractivity contribution in [2.45, 2.75) is 51.7 Å². The fourth-order valence-electron chi connectivity index (χ4n) is 2.40. The molecular formula is C14H17BrFNO4S. The van der Waals surface area contributed by atoms with E-state index in [0.717, 1.165) is 26.3 Å². The molecule has 1 heterocycles. The molecule has 1 amide bonds. The third-order valence-electron chi connectivity index (χ3n) is 3.24. The number of ether oxygens (including phenoxy) is 1. The largest absolute Gasteiger partial charge is 0.444 e. The average Bonchev–Trinajstić information content (AvgIpc) is 2.73. The van der Waals surface area contributed by atoms with Crippen LogP contribution in [0.15, 0.2) is 3.79 Å². The summed E-state index contributed by atoms with van der Waals surface area (Å²) < 4.78 is 18.1. The van der Waals surface area contributed by atoms with Crippen LogP contribution in [0, 0.1) is 0 Å². The first kappa shape index (κ1) is 17.2. The molecular weight excluding hydrogens is 377 g/mol. The van der Waals surface area contributed by atoms with Crippen LogP contribution >= 0.6 is 27.3 Å². The van der Waals surface area contributed by atoms with Gasteiger partial charge < -0.3 is 10.1 Å². The van der Waals surface area contributed by atoms with Gasteiger partial charge in [0.2, 0.25) is 0 Å². The third kappa shape index (κ3) is 3.98. The third-order valence-corrected chi connectivity index (χ3v) is 5.24. The Morgan fingerprint density at radius 2 is 2.05 bits per heavy atom. The molecule has 0 saturated carbocycles. The van der Waals surface area contributed by atoms with Crippen LogP contribution in [-0.4, -0.2) is 23.7 Å². The van der Waals surface area contributed by atoms with Gasteiger partial charge in [-0.3, -0.25) is 0 Å². The lowest BCUT2D eigenvalue weighted by atomic mass is 9.90. The summed E-state index contributed by atoms with van der Waals surface area (Å²) >= 11 is 4.54. The molecule has 0 aromatic carbocycles. The van der Waals surface area contributed by atoms with Gasteiger partial charge in [-0.1, -0.05) is 0 Å². The molecule has 2 rings (SSSR count). The highest BCUT2D eigenvalue weighted by molar-refractivity contribution is 9.11. The first-order valence-corrected chi connectivity index (χ1v) is 8.44. The van der Waals surface area contributed by atoms with E-state index in [4.69, 9.17) is 4.74 Å². The van der Waals surface area contributed by atoms with Gasteiger partial charge in [0.15, 0.2) is 0 Å². The number of amides is 1. The van der Waals surface area contributed by atoms with Crippen LogP contribution in [0.3, 0.4) is 0 Å². The SMILES string of the molecule is CC(C)(C)OC(=O)NC1CCc2c(C(=O)OF)sc(Br)c2C1. The zero-order valence-electron chi connectivity index (χ0n) is 12.5. The first-order chi connectivity index (χ1) is 10.2. The van der Waals surface area contributed by atoms with E-state index in [1.165, 1.54) is 0 Å². The maximum absolute atomic E-state index is 12.1. The maximum Gasteiger partial charge on any atom is 0.407 e. The molecule has 1 aromatic rings. The lowest BCUT2D eigenvalue weighted by Crippen LogP contribution is -2.41. The van der Waals surface area contributed by atoms with E-state index in [0.29, 0.717) is 19.3 Å². The second-order valence-corrected chi connectivity index (χ2v) is 8.45. The molecule has 1 aliphatic rings. The van der Waals surface area contributed by atoms with Crippen molar-refractivity contribution < 1.29 is 23.8 Å². The van der Waals surface area contributed by atoms with Crippen molar-refractivity contribution in [1.29, 1.82) is 0 Å². The van der Waals surface area contributed by atoms with Crippen molar-refractivity contribution in [3.8, 4) is 0 Å². The summed E-state index contributed by atoms with van der Waals surface area (Å²) in [6.45, 7) is 5.40. The number of hydrogen-bond donors (Lipinski definition) is 1. The Bertz CT molecular complexity index is 596. The van der Waals surface area contributed by atoms with E-state index in [2.05, 4.69) is 26.2 Å². The van der Waals surface area contributed by atoms with E-state index in [1.807, 2.05) is 0 Å². The fraction of sp³-hybridized carbons (Fsp3) is 0.571. The summed E-state index contributed by atoms with van der Waals surface area (Å²) in [7, 11) is 0. The van der Waals surface area contributed by atoms with Crippen molar-refractivity contribution in [1.82, 2.24) is 5.32 Å². The summed E-state index contributed by atoms with van der Waals surface area (Å²) in [5.41, 5.74) is 1.16. The maximum atomic E-state index is 12.1. The number of alkyl carbamates (subject to hydrolysis) is 1. The Kier molecular flexibility index (Phi) is 5.11. The Morgan fingerprint density at radius 1 is 1.36 bits per heavy atom. The minimum Gasteiger partial charge on any atom is -0.444 e. The summed E-state index contributed by atoms with van der Waals surface area (Å²) in [6.07, 6.45) is 1.32. The summed E-state index contributed by atoms with van der Waals surface area (Å²) in [5, 5.41) is 2.83. The number of hydrogen-bond acceptors (Lipinski definition) is 5. The molecule has 0 aliphatic heterocycles. The Morgan fingerprint density at radius 3 is 2.64 bits per heavy atom. The monoisotopic (exact) mass is 393 g/mol. The van der Waals surface area contributed by atoms with Gasteiger partial charge in [0, 0.05) is 10.6 Å². The molecule has 0 bridgehead atoms. The van der Waals surface area contributed by atoms with Crippen LogP contribution in [-0.2, 0) is 22.5 Å². The van der Waals surface area contributed by atoms with Gasteiger partial charge in [-0.2, -0.15) is 0 Å². The lowest BCUT2D eigenvalue weighted by Gasteiger charge is -2.26.